The molecule has 0 atom stereocenters. The van der Waals surface area contributed by atoms with Gasteiger partial charge < -0.3 is 14.5 Å². The van der Waals surface area contributed by atoms with Gasteiger partial charge in [-0.05, 0) is 56.7 Å². The molecule has 1 aliphatic carbocycles. The van der Waals surface area contributed by atoms with Gasteiger partial charge in [0.15, 0.2) is 6.61 Å². The van der Waals surface area contributed by atoms with E-state index in [4.69, 9.17) is 9.15 Å². The molecule has 134 valence electrons. The molecule has 2 heterocycles. The molecular weight excluding hydrogens is 330 g/mol. The van der Waals surface area contributed by atoms with Crippen LogP contribution < -0.4 is 10.1 Å². The Kier molecular flexibility index (Phi) is 4.32. The van der Waals surface area contributed by atoms with Crippen LogP contribution >= 0.6 is 0 Å². The van der Waals surface area contributed by atoms with Gasteiger partial charge in [-0.2, -0.15) is 0 Å². The summed E-state index contributed by atoms with van der Waals surface area (Å²) in [4.78, 5) is 20.7. The van der Waals surface area contributed by atoms with Crippen LogP contribution in [0.15, 0.2) is 28.9 Å². The van der Waals surface area contributed by atoms with Crippen molar-refractivity contribution in [2.24, 2.45) is 0 Å². The zero-order valence-electron chi connectivity index (χ0n) is 15.0. The molecule has 0 saturated carbocycles. The number of hydrogen-bond acceptors (Lipinski definition) is 5. The van der Waals surface area contributed by atoms with E-state index in [-0.39, 0.29) is 12.5 Å². The number of benzene rings is 1. The van der Waals surface area contributed by atoms with Crippen LogP contribution in [0.4, 0.5) is 5.69 Å². The SMILES string of the molecule is Cc1oc2ncnc(OCC(=O)Nc3cccc4c3CCCC4)c2c1C. The molecule has 0 radical (unpaired) electrons. The van der Waals surface area contributed by atoms with Crippen molar-refractivity contribution in [2.45, 2.75) is 39.5 Å². The Morgan fingerprint density at radius 3 is 2.96 bits per heavy atom. The summed E-state index contributed by atoms with van der Waals surface area (Å²) >= 11 is 0. The second kappa shape index (κ2) is 6.78. The van der Waals surface area contributed by atoms with Gasteiger partial charge in [0.1, 0.15) is 17.5 Å². The first-order valence-corrected chi connectivity index (χ1v) is 8.87. The van der Waals surface area contributed by atoms with Crippen LogP contribution in [0.25, 0.3) is 11.1 Å². The van der Waals surface area contributed by atoms with Gasteiger partial charge in [0.05, 0.1) is 0 Å². The van der Waals surface area contributed by atoms with E-state index in [2.05, 4.69) is 21.4 Å². The lowest BCUT2D eigenvalue weighted by atomic mass is 9.90. The molecule has 2 aromatic heterocycles. The van der Waals surface area contributed by atoms with E-state index in [1.807, 2.05) is 26.0 Å². The second-order valence-electron chi connectivity index (χ2n) is 6.63. The number of nitrogens with zero attached hydrogens (tertiary/aromatic N) is 2. The first-order valence-electron chi connectivity index (χ1n) is 8.87. The zero-order valence-corrected chi connectivity index (χ0v) is 15.0. The summed E-state index contributed by atoms with van der Waals surface area (Å²) in [6, 6.07) is 6.09. The van der Waals surface area contributed by atoms with Crippen molar-refractivity contribution < 1.29 is 13.9 Å². The number of rotatable bonds is 4. The first kappa shape index (κ1) is 16.6. The quantitative estimate of drug-likeness (QED) is 0.775. The van der Waals surface area contributed by atoms with Crippen molar-refractivity contribution in [3.8, 4) is 5.88 Å². The molecule has 3 aromatic rings. The van der Waals surface area contributed by atoms with Gasteiger partial charge >= 0.3 is 0 Å². The van der Waals surface area contributed by atoms with Crippen molar-refractivity contribution in [1.82, 2.24) is 9.97 Å². The largest absolute Gasteiger partial charge is 0.467 e. The normalized spacial score (nSPS) is 13.5. The Morgan fingerprint density at radius 1 is 1.23 bits per heavy atom. The first-order chi connectivity index (χ1) is 12.6. The van der Waals surface area contributed by atoms with Crippen molar-refractivity contribution in [2.75, 3.05) is 11.9 Å². The monoisotopic (exact) mass is 351 g/mol. The number of carbonyl (C=O) groups is 1. The fourth-order valence-electron chi connectivity index (χ4n) is 3.48. The average molecular weight is 351 g/mol. The number of anilines is 1. The second-order valence-corrected chi connectivity index (χ2v) is 6.63. The summed E-state index contributed by atoms with van der Waals surface area (Å²) in [5.74, 6) is 0.939. The molecule has 1 N–H and O–H groups in total. The molecule has 4 rings (SSSR count). The van der Waals surface area contributed by atoms with E-state index in [9.17, 15) is 4.79 Å². The van der Waals surface area contributed by atoms with Gasteiger partial charge in [-0.15, -0.1) is 0 Å². The Bertz CT molecular complexity index is 978. The van der Waals surface area contributed by atoms with E-state index in [1.54, 1.807) is 0 Å². The van der Waals surface area contributed by atoms with Gasteiger partial charge in [0, 0.05) is 11.3 Å². The van der Waals surface area contributed by atoms with Crippen LogP contribution in [0.3, 0.4) is 0 Å². The number of hydrogen-bond donors (Lipinski definition) is 1. The fraction of sp³-hybridized carbons (Fsp3) is 0.350. The molecule has 0 spiro atoms. The summed E-state index contributed by atoms with van der Waals surface area (Å²) < 4.78 is 11.2. The van der Waals surface area contributed by atoms with Gasteiger partial charge in [-0.1, -0.05) is 12.1 Å². The van der Waals surface area contributed by atoms with E-state index >= 15 is 0 Å². The maximum absolute atomic E-state index is 12.4. The number of aryl methyl sites for hydroxylation is 3. The fourth-order valence-corrected chi connectivity index (χ4v) is 3.48. The molecule has 0 saturated heterocycles. The van der Waals surface area contributed by atoms with Crippen LogP contribution in [-0.2, 0) is 17.6 Å². The third-order valence-corrected chi connectivity index (χ3v) is 4.94. The Morgan fingerprint density at radius 2 is 2.08 bits per heavy atom. The lowest BCUT2D eigenvalue weighted by Crippen LogP contribution is -2.22. The topological polar surface area (TPSA) is 77.2 Å². The van der Waals surface area contributed by atoms with Crippen molar-refractivity contribution in [3.63, 3.8) is 0 Å². The molecule has 26 heavy (non-hydrogen) atoms. The summed E-state index contributed by atoms with van der Waals surface area (Å²) in [6.45, 7) is 3.68. The number of aromatic nitrogens is 2. The molecule has 0 aliphatic heterocycles. The van der Waals surface area contributed by atoms with Crippen LogP contribution in [-0.4, -0.2) is 22.5 Å². The average Bonchev–Trinajstić information content (AvgIpc) is 2.95. The third-order valence-electron chi connectivity index (χ3n) is 4.94. The van der Waals surface area contributed by atoms with E-state index in [1.165, 1.54) is 23.9 Å². The number of nitrogens with one attached hydrogen (secondary N) is 1. The summed E-state index contributed by atoms with van der Waals surface area (Å²) in [5.41, 5.74) is 4.87. The highest BCUT2D eigenvalue weighted by Gasteiger charge is 2.17. The Hall–Kier alpha value is -2.89. The lowest BCUT2D eigenvalue weighted by Gasteiger charge is -2.19. The van der Waals surface area contributed by atoms with Crippen molar-refractivity contribution in [3.05, 3.63) is 47.0 Å². The Labute approximate surface area is 151 Å². The van der Waals surface area contributed by atoms with Gasteiger partial charge in [-0.25, -0.2) is 9.97 Å². The predicted octanol–water partition coefficient (Wildman–Crippen LogP) is 3.74. The number of amides is 1. The summed E-state index contributed by atoms with van der Waals surface area (Å²) in [6.07, 6.45) is 5.83. The number of fused-ring (bicyclic) bond motifs is 2. The number of ether oxygens (including phenoxy) is 1. The minimum absolute atomic E-state index is 0.112. The van der Waals surface area contributed by atoms with Crippen LogP contribution in [0.2, 0.25) is 0 Å². The van der Waals surface area contributed by atoms with Crippen molar-refractivity contribution >= 4 is 22.7 Å². The lowest BCUT2D eigenvalue weighted by molar-refractivity contribution is -0.118. The standard InChI is InChI=1S/C20H21N3O3/c1-12-13(2)26-20-18(12)19(21-11-22-20)25-10-17(24)23-16-9-5-7-14-6-3-4-8-15(14)16/h5,7,9,11H,3-4,6,8,10H2,1-2H3,(H,23,24). The minimum Gasteiger partial charge on any atom is -0.467 e. The van der Waals surface area contributed by atoms with E-state index in [0.717, 1.165) is 41.7 Å². The molecule has 1 aliphatic rings. The maximum Gasteiger partial charge on any atom is 0.262 e. The third kappa shape index (κ3) is 3.03. The molecule has 1 aromatic carbocycles. The molecule has 6 heteroatoms. The highest BCUT2D eigenvalue weighted by Crippen LogP contribution is 2.30. The van der Waals surface area contributed by atoms with Crippen LogP contribution in [0.5, 0.6) is 5.88 Å². The highest BCUT2D eigenvalue weighted by atomic mass is 16.5. The van der Waals surface area contributed by atoms with Gasteiger partial charge in [0.25, 0.3) is 5.91 Å². The van der Waals surface area contributed by atoms with E-state index in [0.29, 0.717) is 11.6 Å². The molecule has 0 fully saturated rings. The van der Waals surface area contributed by atoms with E-state index < -0.39 is 0 Å². The van der Waals surface area contributed by atoms with Crippen molar-refractivity contribution in [1.29, 1.82) is 0 Å². The molecule has 0 bridgehead atoms. The minimum atomic E-state index is -0.200. The highest BCUT2D eigenvalue weighted by molar-refractivity contribution is 5.93. The maximum atomic E-state index is 12.4. The number of carbonyl (C=O) groups excluding carboxylic acids is 1. The van der Waals surface area contributed by atoms with Gasteiger partial charge in [0.2, 0.25) is 11.6 Å². The molecule has 6 nitrogen and oxygen atoms in total. The predicted molar refractivity (Wildman–Crippen MR) is 98.5 cm³/mol. The molecular formula is C20H21N3O3. The van der Waals surface area contributed by atoms with Crippen LogP contribution in [0.1, 0.15) is 35.3 Å². The zero-order chi connectivity index (χ0) is 18.1. The Balaban J connectivity index is 1.49. The summed E-state index contributed by atoms with van der Waals surface area (Å²) in [7, 11) is 0. The number of furan rings is 1. The summed E-state index contributed by atoms with van der Waals surface area (Å²) in [5, 5.41) is 3.69. The molecule has 1 amide bonds. The smallest absolute Gasteiger partial charge is 0.262 e. The molecule has 0 unspecified atom stereocenters. The van der Waals surface area contributed by atoms with Crippen LogP contribution in [0, 0.1) is 13.8 Å². The van der Waals surface area contributed by atoms with Gasteiger partial charge in [-0.3, -0.25) is 4.79 Å².